The predicted octanol–water partition coefficient (Wildman–Crippen LogP) is 5.02. The van der Waals surface area contributed by atoms with Crippen LogP contribution in [0.5, 0.6) is 0 Å². The number of alkyl halides is 1. The zero-order valence-electron chi connectivity index (χ0n) is 14.2. The predicted molar refractivity (Wildman–Crippen MR) is 88.4 cm³/mol. The van der Waals surface area contributed by atoms with Gasteiger partial charge in [-0.3, -0.25) is 0 Å². The summed E-state index contributed by atoms with van der Waals surface area (Å²) < 4.78 is 61.2. The molecule has 0 heterocycles. The van der Waals surface area contributed by atoms with E-state index in [-0.39, 0.29) is 21.2 Å². The fourth-order valence-electron chi connectivity index (χ4n) is 2.38. The third-order valence-electron chi connectivity index (χ3n) is 3.19. The van der Waals surface area contributed by atoms with Gasteiger partial charge in [-0.2, -0.15) is 0 Å². The van der Waals surface area contributed by atoms with Crippen LogP contribution in [0.3, 0.4) is 0 Å². The van der Waals surface area contributed by atoms with Crippen molar-refractivity contribution in [3.63, 3.8) is 0 Å². The van der Waals surface area contributed by atoms with Gasteiger partial charge in [-0.25, -0.2) is 0 Å². The van der Waals surface area contributed by atoms with Gasteiger partial charge in [0.2, 0.25) is 0 Å². The van der Waals surface area contributed by atoms with Crippen LogP contribution in [-0.4, -0.2) is 3.42 Å². The number of halogens is 7. The van der Waals surface area contributed by atoms with Crippen molar-refractivity contribution in [3.8, 4) is 0 Å². The second kappa shape index (κ2) is 7.22. The molecular weight excluding hydrogens is 476 g/mol. The van der Waals surface area contributed by atoms with Gasteiger partial charge in [0.25, 0.3) is 0 Å². The molecule has 0 amide bonds. The summed E-state index contributed by atoms with van der Waals surface area (Å²) in [4.78, 5) is 0. The van der Waals surface area contributed by atoms with Crippen LogP contribution in [0.1, 0.15) is 33.6 Å². The Bertz CT molecular complexity index is 622. The van der Waals surface area contributed by atoms with Gasteiger partial charge in [0, 0.05) is 12.8 Å². The van der Waals surface area contributed by atoms with Crippen molar-refractivity contribution in [2.24, 2.45) is 5.92 Å². The Balaban J connectivity index is 0.000000381. The molecule has 1 unspecified atom stereocenters. The first-order chi connectivity index (χ1) is 11.0. The van der Waals surface area contributed by atoms with E-state index in [0.29, 0.717) is 3.42 Å². The summed E-state index contributed by atoms with van der Waals surface area (Å²) in [6.45, 7) is 6.89. The molecular formula is C17H22F6IP. The van der Waals surface area contributed by atoms with E-state index in [1.54, 1.807) is 3.57 Å². The molecule has 2 rings (SSSR count). The summed E-state index contributed by atoms with van der Waals surface area (Å²) >= 11 is 0.0345. The van der Waals surface area contributed by atoms with Crippen LogP contribution in [0.4, 0.5) is 25.2 Å². The van der Waals surface area contributed by atoms with E-state index < -0.39 is 7.81 Å². The van der Waals surface area contributed by atoms with Gasteiger partial charge in [0.15, 0.2) is 6.99 Å². The van der Waals surface area contributed by atoms with E-state index in [0.717, 1.165) is 5.92 Å². The van der Waals surface area contributed by atoms with Crippen LogP contribution in [0, 0.1) is 9.49 Å². The van der Waals surface area contributed by atoms with Crippen molar-refractivity contribution in [1.82, 2.24) is 0 Å². The van der Waals surface area contributed by atoms with Gasteiger partial charge in [0.1, 0.15) is 0 Å². The Morgan fingerprint density at radius 1 is 1.04 bits per heavy atom. The molecule has 0 saturated heterocycles. The average Bonchev–Trinajstić information content (AvgIpc) is 2.39. The molecule has 144 valence electrons. The molecule has 1 atom stereocenters. The molecule has 1 aromatic rings. The molecule has 1 aromatic carbocycles. The summed E-state index contributed by atoms with van der Waals surface area (Å²) in [7, 11) is -10.7. The standard InChI is InChI=1S/C17H22I.F6P/c1-14(2)13-17(11-9-15(3)10-12-17)18-16-7-5-4-6-8-16;1-7(2,3,4,5)6/h4-11,14H,12-13H2,1-3H3;/q+1;-1. The van der Waals surface area contributed by atoms with E-state index >= 15 is 0 Å². The van der Waals surface area contributed by atoms with Gasteiger partial charge in [-0.1, -0.05) is 49.8 Å². The second-order valence-electron chi connectivity index (χ2n) is 6.47. The third kappa shape index (κ3) is 12.4. The minimum absolute atomic E-state index is 0.0345. The van der Waals surface area contributed by atoms with Gasteiger partial charge in [-0.15, -0.1) is 0 Å². The Morgan fingerprint density at radius 2 is 1.56 bits per heavy atom. The summed E-state index contributed by atoms with van der Waals surface area (Å²) in [5.74, 6) is 0.768. The molecule has 8 heteroatoms. The van der Waals surface area contributed by atoms with Crippen LogP contribution >= 0.6 is 7.81 Å². The molecule has 25 heavy (non-hydrogen) atoms. The zero-order valence-corrected chi connectivity index (χ0v) is 17.3. The molecule has 0 fully saturated rings. The van der Waals surface area contributed by atoms with Crippen LogP contribution < -0.4 is 21.2 Å². The maximum absolute atomic E-state index is 10.7. The Kier molecular flexibility index (Phi) is 6.49. The number of allylic oxidation sites excluding steroid dienone is 4. The van der Waals surface area contributed by atoms with Crippen molar-refractivity contribution in [3.05, 3.63) is 57.7 Å². The monoisotopic (exact) mass is 498 g/mol. The number of hydrogen-bond acceptors (Lipinski definition) is 0. The summed E-state index contributed by atoms with van der Waals surface area (Å²) in [6, 6.07) is 11.1. The van der Waals surface area contributed by atoms with E-state index in [4.69, 9.17) is 0 Å². The summed E-state index contributed by atoms with van der Waals surface area (Å²) in [5, 5.41) is 0. The van der Waals surface area contributed by atoms with Crippen molar-refractivity contribution in [2.45, 2.75) is 37.0 Å². The molecule has 0 aliphatic heterocycles. The van der Waals surface area contributed by atoms with Crippen molar-refractivity contribution in [2.75, 3.05) is 0 Å². The van der Waals surface area contributed by atoms with E-state index in [1.807, 2.05) is 0 Å². The van der Waals surface area contributed by atoms with E-state index in [1.165, 1.54) is 18.4 Å². The molecule has 0 bridgehead atoms. The number of rotatable bonds is 4. The van der Waals surface area contributed by atoms with Crippen LogP contribution in [-0.2, 0) is 0 Å². The molecule has 1 aliphatic rings. The molecule has 1 aliphatic carbocycles. The van der Waals surface area contributed by atoms with Gasteiger partial charge in [-0.05, 0) is 31.1 Å². The SMILES string of the molecule is CC1=CCC(CC(C)C)([I+]c2ccccc2)C=C1.F[P-](F)(F)(F)(F)F. The third-order valence-corrected chi connectivity index (χ3v) is 6.84. The van der Waals surface area contributed by atoms with E-state index in [9.17, 15) is 25.2 Å². The second-order valence-corrected chi connectivity index (χ2v) is 12.3. The molecule has 0 radical (unpaired) electrons. The molecule has 0 saturated carbocycles. The number of benzene rings is 1. The fraction of sp³-hybridized carbons (Fsp3) is 0.412. The normalized spacial score (nSPS) is 23.2. The topological polar surface area (TPSA) is 0 Å². The van der Waals surface area contributed by atoms with E-state index in [2.05, 4.69) is 69.3 Å². The zero-order chi connectivity index (χ0) is 19.4. The Labute approximate surface area is 154 Å². The van der Waals surface area contributed by atoms with Crippen LogP contribution in [0.2, 0.25) is 0 Å². The first-order valence-corrected chi connectivity index (χ1v) is 11.9. The summed E-state index contributed by atoms with van der Waals surface area (Å²) in [5.41, 5.74) is 1.42. The molecule has 0 nitrogen and oxygen atoms in total. The summed E-state index contributed by atoms with van der Waals surface area (Å²) in [6.07, 6.45) is 9.80. The van der Waals surface area contributed by atoms with Gasteiger partial charge >= 0.3 is 54.2 Å². The Morgan fingerprint density at radius 3 is 1.96 bits per heavy atom. The quantitative estimate of drug-likeness (QED) is 0.237. The Hall–Kier alpha value is -0.560. The van der Waals surface area contributed by atoms with Gasteiger partial charge in [0.05, 0.1) is 0 Å². The molecule has 0 N–H and O–H groups in total. The number of hydrogen-bond donors (Lipinski definition) is 0. The minimum atomic E-state index is -10.7. The first-order valence-electron chi connectivity index (χ1n) is 7.68. The van der Waals surface area contributed by atoms with Crippen molar-refractivity contribution in [1.29, 1.82) is 0 Å². The first kappa shape index (κ1) is 22.5. The average molecular weight is 498 g/mol. The van der Waals surface area contributed by atoms with Crippen LogP contribution in [0.15, 0.2) is 54.1 Å². The molecule has 0 spiro atoms. The van der Waals surface area contributed by atoms with Crippen molar-refractivity contribution < 1.29 is 46.4 Å². The van der Waals surface area contributed by atoms with Gasteiger partial charge < -0.3 is 0 Å². The fourth-order valence-corrected chi connectivity index (χ4v) is 6.30. The van der Waals surface area contributed by atoms with Crippen LogP contribution in [0.25, 0.3) is 0 Å². The maximum atomic E-state index is 9.87. The molecule has 0 aromatic heterocycles. The van der Waals surface area contributed by atoms with Crippen molar-refractivity contribution >= 4 is 7.81 Å².